The molecule has 18 heavy (non-hydrogen) atoms. The SMILES string of the molecule is COCC(C)OCC(O)CNc1cc(C)n(C)n1. The number of hydrogen-bond acceptors (Lipinski definition) is 5. The van der Waals surface area contributed by atoms with Gasteiger partial charge in [-0.2, -0.15) is 5.10 Å². The maximum Gasteiger partial charge on any atom is 0.148 e. The Morgan fingerprint density at radius 1 is 1.50 bits per heavy atom. The van der Waals surface area contributed by atoms with Crippen molar-refractivity contribution in [2.24, 2.45) is 7.05 Å². The molecular formula is C12H23N3O3. The minimum Gasteiger partial charge on any atom is -0.389 e. The van der Waals surface area contributed by atoms with Crippen molar-refractivity contribution in [2.75, 3.05) is 32.2 Å². The number of rotatable bonds is 8. The maximum absolute atomic E-state index is 9.74. The molecule has 0 bridgehead atoms. The summed E-state index contributed by atoms with van der Waals surface area (Å²) < 4.78 is 12.2. The molecule has 6 heteroatoms. The van der Waals surface area contributed by atoms with Crippen LogP contribution in [-0.4, -0.2) is 54.0 Å². The van der Waals surface area contributed by atoms with E-state index in [1.54, 1.807) is 11.8 Å². The van der Waals surface area contributed by atoms with E-state index in [0.29, 0.717) is 13.2 Å². The third-order valence-corrected chi connectivity index (χ3v) is 2.61. The number of nitrogens with one attached hydrogen (secondary N) is 1. The van der Waals surface area contributed by atoms with Gasteiger partial charge in [-0.15, -0.1) is 0 Å². The molecule has 0 amide bonds. The second-order valence-corrected chi connectivity index (χ2v) is 4.43. The summed E-state index contributed by atoms with van der Waals surface area (Å²) in [5, 5.41) is 17.0. The number of ether oxygens (including phenoxy) is 2. The van der Waals surface area contributed by atoms with E-state index in [1.807, 2.05) is 27.0 Å². The highest BCUT2D eigenvalue weighted by molar-refractivity contribution is 5.35. The van der Waals surface area contributed by atoms with Crippen LogP contribution in [0.1, 0.15) is 12.6 Å². The van der Waals surface area contributed by atoms with Crippen LogP contribution in [0.4, 0.5) is 5.82 Å². The van der Waals surface area contributed by atoms with Gasteiger partial charge in [0.1, 0.15) is 5.82 Å². The van der Waals surface area contributed by atoms with Crippen LogP contribution < -0.4 is 5.32 Å². The number of aromatic nitrogens is 2. The average Bonchev–Trinajstić information content (AvgIpc) is 2.64. The van der Waals surface area contributed by atoms with Crippen molar-refractivity contribution in [1.82, 2.24) is 9.78 Å². The fourth-order valence-corrected chi connectivity index (χ4v) is 1.49. The first kappa shape index (κ1) is 14.9. The van der Waals surface area contributed by atoms with Gasteiger partial charge in [-0.25, -0.2) is 0 Å². The van der Waals surface area contributed by atoms with Crippen molar-refractivity contribution in [3.63, 3.8) is 0 Å². The zero-order chi connectivity index (χ0) is 13.5. The van der Waals surface area contributed by atoms with E-state index in [4.69, 9.17) is 9.47 Å². The summed E-state index contributed by atoms with van der Waals surface area (Å²) >= 11 is 0. The Labute approximate surface area is 108 Å². The van der Waals surface area contributed by atoms with Crippen LogP contribution in [0.3, 0.4) is 0 Å². The summed E-state index contributed by atoms with van der Waals surface area (Å²) in [5.74, 6) is 0.763. The van der Waals surface area contributed by atoms with Gasteiger partial charge in [0.15, 0.2) is 0 Å². The Bertz CT molecular complexity index is 335. The van der Waals surface area contributed by atoms with Crippen LogP contribution in [0.15, 0.2) is 6.07 Å². The van der Waals surface area contributed by atoms with E-state index in [1.165, 1.54) is 0 Å². The Morgan fingerprint density at radius 3 is 2.78 bits per heavy atom. The normalized spacial score (nSPS) is 14.5. The molecule has 6 nitrogen and oxygen atoms in total. The number of nitrogens with zero attached hydrogens (tertiary/aromatic N) is 2. The van der Waals surface area contributed by atoms with E-state index in [2.05, 4.69) is 10.4 Å². The lowest BCUT2D eigenvalue weighted by Crippen LogP contribution is -2.28. The highest BCUT2D eigenvalue weighted by Crippen LogP contribution is 2.06. The second kappa shape index (κ2) is 7.35. The van der Waals surface area contributed by atoms with Gasteiger partial charge in [0.25, 0.3) is 0 Å². The molecule has 2 N–H and O–H groups in total. The highest BCUT2D eigenvalue weighted by Gasteiger charge is 2.09. The average molecular weight is 257 g/mol. The number of aryl methyl sites for hydroxylation is 2. The van der Waals surface area contributed by atoms with Crippen LogP contribution in [-0.2, 0) is 16.5 Å². The molecule has 0 spiro atoms. The fraction of sp³-hybridized carbons (Fsp3) is 0.750. The molecule has 2 atom stereocenters. The number of methoxy groups -OCH3 is 1. The minimum absolute atomic E-state index is 0.0123. The molecule has 0 aliphatic rings. The molecule has 1 aromatic rings. The van der Waals surface area contributed by atoms with Crippen LogP contribution >= 0.6 is 0 Å². The van der Waals surface area contributed by atoms with Gasteiger partial charge in [-0.3, -0.25) is 4.68 Å². The Balaban J connectivity index is 2.22. The largest absolute Gasteiger partial charge is 0.389 e. The molecule has 104 valence electrons. The number of aliphatic hydroxyl groups excluding tert-OH is 1. The summed E-state index contributed by atoms with van der Waals surface area (Å²) in [6.45, 7) is 5.11. The van der Waals surface area contributed by atoms with Crippen molar-refractivity contribution in [3.05, 3.63) is 11.8 Å². The molecule has 0 aliphatic heterocycles. The van der Waals surface area contributed by atoms with Gasteiger partial charge in [-0.1, -0.05) is 0 Å². The van der Waals surface area contributed by atoms with Crippen LogP contribution in [0.25, 0.3) is 0 Å². The predicted octanol–water partition coefficient (Wildman–Crippen LogP) is 0.553. The molecule has 2 unspecified atom stereocenters. The summed E-state index contributed by atoms with van der Waals surface area (Å²) in [4.78, 5) is 0. The first-order chi connectivity index (χ1) is 8.52. The second-order valence-electron chi connectivity index (χ2n) is 4.43. The molecule has 0 saturated carbocycles. The minimum atomic E-state index is -0.563. The van der Waals surface area contributed by atoms with Gasteiger partial charge in [0.05, 0.1) is 25.4 Å². The van der Waals surface area contributed by atoms with Crippen LogP contribution in [0.5, 0.6) is 0 Å². The van der Waals surface area contributed by atoms with E-state index in [0.717, 1.165) is 11.5 Å². The van der Waals surface area contributed by atoms with Gasteiger partial charge in [0.2, 0.25) is 0 Å². The molecule has 0 aromatic carbocycles. The quantitative estimate of drug-likeness (QED) is 0.712. The summed E-state index contributed by atoms with van der Waals surface area (Å²) in [5.41, 5.74) is 1.07. The van der Waals surface area contributed by atoms with Gasteiger partial charge < -0.3 is 19.9 Å². The monoisotopic (exact) mass is 257 g/mol. The maximum atomic E-state index is 9.74. The topological polar surface area (TPSA) is 68.5 Å². The molecule has 1 heterocycles. The summed E-state index contributed by atoms with van der Waals surface area (Å²) in [6.07, 6.45) is -0.576. The van der Waals surface area contributed by atoms with Crippen LogP contribution in [0.2, 0.25) is 0 Å². The Kier molecular flexibility index (Phi) is 6.11. The van der Waals surface area contributed by atoms with E-state index in [-0.39, 0.29) is 12.7 Å². The third kappa shape index (κ3) is 5.03. The number of aliphatic hydroxyl groups is 1. The lowest BCUT2D eigenvalue weighted by atomic mass is 10.3. The predicted molar refractivity (Wildman–Crippen MR) is 69.7 cm³/mol. The van der Waals surface area contributed by atoms with Crippen molar-refractivity contribution >= 4 is 5.82 Å². The first-order valence-corrected chi connectivity index (χ1v) is 6.06. The molecule has 0 fully saturated rings. The zero-order valence-electron chi connectivity index (χ0n) is 11.5. The Hall–Kier alpha value is -1.11. The van der Waals surface area contributed by atoms with Crippen molar-refractivity contribution in [2.45, 2.75) is 26.1 Å². The van der Waals surface area contributed by atoms with Gasteiger partial charge >= 0.3 is 0 Å². The smallest absolute Gasteiger partial charge is 0.148 e. The lowest BCUT2D eigenvalue weighted by Gasteiger charge is -2.16. The van der Waals surface area contributed by atoms with Crippen molar-refractivity contribution < 1.29 is 14.6 Å². The van der Waals surface area contributed by atoms with E-state index in [9.17, 15) is 5.11 Å². The molecule has 1 rings (SSSR count). The molecule has 0 aliphatic carbocycles. The van der Waals surface area contributed by atoms with Crippen LogP contribution in [0, 0.1) is 6.92 Å². The zero-order valence-corrected chi connectivity index (χ0v) is 11.5. The fourth-order valence-electron chi connectivity index (χ4n) is 1.49. The molecule has 1 aromatic heterocycles. The number of hydrogen-bond donors (Lipinski definition) is 2. The molecule has 0 radical (unpaired) electrons. The summed E-state index contributed by atoms with van der Waals surface area (Å²) in [6, 6.07) is 1.93. The van der Waals surface area contributed by atoms with Crippen molar-refractivity contribution in [1.29, 1.82) is 0 Å². The molecule has 0 saturated heterocycles. The van der Waals surface area contributed by atoms with E-state index < -0.39 is 6.10 Å². The standard InChI is InChI=1S/C12H23N3O3/c1-9-5-12(14-15(9)3)13-6-11(16)8-18-10(2)7-17-4/h5,10-11,16H,6-8H2,1-4H3,(H,13,14). The molecular weight excluding hydrogens is 234 g/mol. The third-order valence-electron chi connectivity index (χ3n) is 2.61. The highest BCUT2D eigenvalue weighted by atomic mass is 16.5. The number of anilines is 1. The summed E-state index contributed by atoms with van der Waals surface area (Å²) in [7, 11) is 3.51. The first-order valence-electron chi connectivity index (χ1n) is 6.06. The van der Waals surface area contributed by atoms with Crippen molar-refractivity contribution in [3.8, 4) is 0 Å². The van der Waals surface area contributed by atoms with Gasteiger partial charge in [0, 0.05) is 32.5 Å². The van der Waals surface area contributed by atoms with Gasteiger partial charge in [-0.05, 0) is 13.8 Å². The Morgan fingerprint density at radius 2 is 2.22 bits per heavy atom. The van der Waals surface area contributed by atoms with E-state index >= 15 is 0 Å². The lowest BCUT2D eigenvalue weighted by molar-refractivity contribution is -0.0282.